The van der Waals surface area contributed by atoms with Crippen molar-refractivity contribution in [3.05, 3.63) is 22.9 Å². The molecule has 0 amide bonds. The third-order valence-corrected chi connectivity index (χ3v) is 6.37. The highest BCUT2D eigenvalue weighted by molar-refractivity contribution is 7.25. The Morgan fingerprint density at radius 2 is 1.52 bits per heavy atom. The van der Waals surface area contributed by atoms with E-state index in [0.717, 1.165) is 18.4 Å². The van der Waals surface area contributed by atoms with Crippen LogP contribution >= 0.6 is 22.7 Å². The zero-order chi connectivity index (χ0) is 14.8. The molecule has 0 aliphatic rings. The molecule has 3 heteroatoms. The first-order valence-electron chi connectivity index (χ1n) is 8.09. The van der Waals surface area contributed by atoms with Crippen molar-refractivity contribution < 1.29 is 0 Å². The molecular formula is C18H25NS2. The molecular weight excluding hydrogens is 294 g/mol. The highest BCUT2D eigenvalue weighted by atomic mass is 32.1. The maximum atomic E-state index is 2.54. The second-order valence-electron chi connectivity index (χ2n) is 6.64. The van der Waals surface area contributed by atoms with Crippen molar-refractivity contribution in [1.82, 2.24) is 4.57 Å². The molecule has 0 saturated heterocycles. The molecule has 0 spiro atoms. The SMILES string of the molecule is CC(C)CCCC(C)CCn1c2ccsc2c2sccc21. The summed E-state index contributed by atoms with van der Waals surface area (Å²) in [5, 5.41) is 4.46. The van der Waals surface area contributed by atoms with Crippen molar-refractivity contribution in [3.63, 3.8) is 0 Å². The molecule has 114 valence electrons. The zero-order valence-corrected chi connectivity index (χ0v) is 14.9. The lowest BCUT2D eigenvalue weighted by atomic mass is 9.97. The van der Waals surface area contributed by atoms with Gasteiger partial charge in [0.05, 0.1) is 20.4 Å². The lowest BCUT2D eigenvalue weighted by molar-refractivity contribution is 0.419. The Bertz CT molecular complexity index is 653. The summed E-state index contributed by atoms with van der Waals surface area (Å²) in [6, 6.07) is 4.58. The van der Waals surface area contributed by atoms with Gasteiger partial charge in [0.15, 0.2) is 0 Å². The molecule has 3 aromatic rings. The second kappa shape index (κ2) is 6.53. The van der Waals surface area contributed by atoms with E-state index in [0.29, 0.717) is 0 Å². The highest BCUT2D eigenvalue weighted by Gasteiger charge is 2.13. The Kier molecular flexibility index (Phi) is 4.70. The first-order chi connectivity index (χ1) is 10.2. The van der Waals surface area contributed by atoms with Crippen molar-refractivity contribution >= 4 is 43.1 Å². The summed E-state index contributed by atoms with van der Waals surface area (Å²) in [5.74, 6) is 1.67. The monoisotopic (exact) mass is 319 g/mol. The summed E-state index contributed by atoms with van der Waals surface area (Å²) >= 11 is 3.77. The molecule has 0 radical (unpaired) electrons. The fourth-order valence-corrected chi connectivity index (χ4v) is 5.08. The van der Waals surface area contributed by atoms with Crippen LogP contribution in [0.5, 0.6) is 0 Å². The maximum Gasteiger partial charge on any atom is 0.0700 e. The van der Waals surface area contributed by atoms with E-state index >= 15 is 0 Å². The number of aromatic nitrogens is 1. The quantitative estimate of drug-likeness (QED) is 0.453. The van der Waals surface area contributed by atoms with E-state index in [2.05, 4.69) is 48.2 Å². The predicted octanol–water partition coefficient (Wildman–Crippen LogP) is 6.77. The smallest absolute Gasteiger partial charge is 0.0700 e. The van der Waals surface area contributed by atoms with Crippen LogP contribution in [0, 0.1) is 11.8 Å². The molecule has 0 aliphatic carbocycles. The first-order valence-corrected chi connectivity index (χ1v) is 9.85. The summed E-state index contributed by atoms with van der Waals surface area (Å²) in [6.45, 7) is 8.23. The van der Waals surface area contributed by atoms with E-state index in [-0.39, 0.29) is 0 Å². The highest BCUT2D eigenvalue weighted by Crippen LogP contribution is 2.36. The van der Waals surface area contributed by atoms with Gasteiger partial charge < -0.3 is 4.57 Å². The summed E-state index contributed by atoms with van der Waals surface area (Å²) in [4.78, 5) is 0. The van der Waals surface area contributed by atoms with Gasteiger partial charge in [0.25, 0.3) is 0 Å². The van der Waals surface area contributed by atoms with E-state index in [9.17, 15) is 0 Å². The number of thiophene rings is 2. The number of nitrogens with zero attached hydrogens (tertiary/aromatic N) is 1. The van der Waals surface area contributed by atoms with Crippen LogP contribution in [-0.2, 0) is 6.54 Å². The Morgan fingerprint density at radius 3 is 2.10 bits per heavy atom. The molecule has 3 rings (SSSR count). The van der Waals surface area contributed by atoms with Crippen molar-refractivity contribution in [1.29, 1.82) is 0 Å². The van der Waals surface area contributed by atoms with E-state index in [1.807, 2.05) is 22.7 Å². The third-order valence-electron chi connectivity index (χ3n) is 4.40. The normalized spacial score (nSPS) is 13.7. The van der Waals surface area contributed by atoms with Crippen LogP contribution in [0.25, 0.3) is 20.4 Å². The average Bonchev–Trinajstić information content (AvgIpc) is 3.09. The van der Waals surface area contributed by atoms with Gasteiger partial charge in [-0.2, -0.15) is 0 Å². The van der Waals surface area contributed by atoms with Gasteiger partial charge in [0.2, 0.25) is 0 Å². The van der Waals surface area contributed by atoms with Crippen molar-refractivity contribution in [2.45, 2.75) is 53.0 Å². The van der Waals surface area contributed by atoms with Crippen LogP contribution in [0.2, 0.25) is 0 Å². The van der Waals surface area contributed by atoms with Gasteiger partial charge >= 0.3 is 0 Å². The number of rotatable bonds is 7. The average molecular weight is 320 g/mol. The standard InChI is InChI=1S/C18H25NS2/c1-13(2)5-4-6-14(3)7-10-19-15-8-11-20-17(15)18-16(19)9-12-21-18/h8-9,11-14H,4-7,10H2,1-3H3. The van der Waals surface area contributed by atoms with Crippen molar-refractivity contribution in [2.75, 3.05) is 0 Å². The molecule has 21 heavy (non-hydrogen) atoms. The van der Waals surface area contributed by atoms with E-state index in [1.165, 1.54) is 46.1 Å². The Balaban J connectivity index is 1.66. The summed E-state index contributed by atoms with van der Waals surface area (Å²) in [5.41, 5.74) is 2.88. The topological polar surface area (TPSA) is 4.93 Å². The molecule has 1 unspecified atom stereocenters. The fraction of sp³-hybridized carbons (Fsp3) is 0.556. The van der Waals surface area contributed by atoms with Gasteiger partial charge in [-0.15, -0.1) is 22.7 Å². The lowest BCUT2D eigenvalue weighted by Gasteiger charge is -2.13. The van der Waals surface area contributed by atoms with Gasteiger partial charge in [-0.25, -0.2) is 0 Å². The number of hydrogen-bond acceptors (Lipinski definition) is 2. The summed E-state index contributed by atoms with van der Waals surface area (Å²) in [6.07, 6.45) is 5.42. The Hall–Kier alpha value is -0.800. The summed E-state index contributed by atoms with van der Waals surface area (Å²) in [7, 11) is 0. The summed E-state index contributed by atoms with van der Waals surface area (Å²) < 4.78 is 5.50. The molecule has 0 bridgehead atoms. The van der Waals surface area contributed by atoms with Gasteiger partial charge in [-0.05, 0) is 41.1 Å². The lowest BCUT2D eigenvalue weighted by Crippen LogP contribution is -2.04. The Morgan fingerprint density at radius 1 is 0.905 bits per heavy atom. The molecule has 0 fully saturated rings. The van der Waals surface area contributed by atoms with Crippen LogP contribution in [0.4, 0.5) is 0 Å². The van der Waals surface area contributed by atoms with Gasteiger partial charge in [0, 0.05) is 6.54 Å². The van der Waals surface area contributed by atoms with Crippen LogP contribution in [0.3, 0.4) is 0 Å². The number of aryl methyl sites for hydroxylation is 1. The molecule has 0 aromatic carbocycles. The minimum atomic E-state index is 0.827. The van der Waals surface area contributed by atoms with E-state index in [1.54, 1.807) is 0 Å². The molecule has 3 heterocycles. The molecule has 3 aromatic heterocycles. The zero-order valence-electron chi connectivity index (χ0n) is 13.3. The predicted molar refractivity (Wildman–Crippen MR) is 97.7 cm³/mol. The van der Waals surface area contributed by atoms with E-state index in [4.69, 9.17) is 0 Å². The molecule has 0 aliphatic heterocycles. The van der Waals surface area contributed by atoms with Crippen molar-refractivity contribution in [3.8, 4) is 0 Å². The van der Waals surface area contributed by atoms with Crippen LogP contribution in [-0.4, -0.2) is 4.57 Å². The number of fused-ring (bicyclic) bond motifs is 3. The van der Waals surface area contributed by atoms with Gasteiger partial charge in [-0.1, -0.05) is 40.0 Å². The maximum absolute atomic E-state index is 2.54. The van der Waals surface area contributed by atoms with E-state index < -0.39 is 0 Å². The van der Waals surface area contributed by atoms with Crippen LogP contribution < -0.4 is 0 Å². The van der Waals surface area contributed by atoms with Crippen LogP contribution in [0.15, 0.2) is 22.9 Å². The first kappa shape index (κ1) is 15.1. The largest absolute Gasteiger partial charge is 0.339 e. The molecule has 0 N–H and O–H groups in total. The van der Waals surface area contributed by atoms with Gasteiger partial charge in [0.1, 0.15) is 0 Å². The molecule has 0 saturated carbocycles. The minimum absolute atomic E-state index is 0.827. The molecule has 1 atom stereocenters. The van der Waals surface area contributed by atoms with Gasteiger partial charge in [-0.3, -0.25) is 0 Å². The number of hydrogen-bond donors (Lipinski definition) is 0. The third kappa shape index (κ3) is 3.19. The Labute approximate surface area is 135 Å². The van der Waals surface area contributed by atoms with Crippen LogP contribution in [0.1, 0.15) is 46.5 Å². The minimum Gasteiger partial charge on any atom is -0.339 e. The molecule has 1 nitrogen and oxygen atoms in total. The second-order valence-corrected chi connectivity index (χ2v) is 8.47. The van der Waals surface area contributed by atoms with Crippen molar-refractivity contribution in [2.24, 2.45) is 11.8 Å². The fourth-order valence-electron chi connectivity index (χ4n) is 3.11.